The zero-order valence-electron chi connectivity index (χ0n) is 13.6. The number of nitrogens with zero attached hydrogens (tertiary/aromatic N) is 2. The summed E-state index contributed by atoms with van der Waals surface area (Å²) in [6, 6.07) is 9.74. The number of benzene rings is 1. The van der Waals surface area contributed by atoms with E-state index in [1.807, 2.05) is 42.3 Å². The van der Waals surface area contributed by atoms with Gasteiger partial charge in [0, 0.05) is 32.4 Å². The second-order valence-electron chi connectivity index (χ2n) is 5.38. The fraction of sp³-hybridized carbons (Fsp3) is 0.412. The molecule has 0 saturated heterocycles. The number of rotatable bonds is 9. The molecule has 0 saturated carbocycles. The van der Waals surface area contributed by atoms with Crippen molar-refractivity contribution < 1.29 is 13.9 Å². The Morgan fingerprint density at radius 1 is 1.35 bits per heavy atom. The summed E-state index contributed by atoms with van der Waals surface area (Å²) in [6.45, 7) is 2.16. The van der Waals surface area contributed by atoms with E-state index in [0.29, 0.717) is 32.1 Å². The van der Waals surface area contributed by atoms with Gasteiger partial charge in [0.15, 0.2) is 0 Å². The number of carbonyl (C=O) groups is 1. The summed E-state index contributed by atoms with van der Waals surface area (Å²) < 4.78 is 10.4. The lowest BCUT2D eigenvalue weighted by Gasteiger charge is -2.14. The Morgan fingerprint density at radius 2 is 2.13 bits per heavy atom. The number of oxazole rings is 1. The number of methoxy groups -OCH3 is 1. The Hall–Kier alpha value is -2.18. The average molecular weight is 317 g/mol. The van der Waals surface area contributed by atoms with Crippen molar-refractivity contribution in [2.24, 2.45) is 0 Å². The van der Waals surface area contributed by atoms with Crippen LogP contribution in [0.1, 0.15) is 12.1 Å². The van der Waals surface area contributed by atoms with Gasteiger partial charge in [-0.1, -0.05) is 18.2 Å². The van der Waals surface area contributed by atoms with E-state index >= 15 is 0 Å². The molecule has 1 amide bonds. The molecule has 0 aliphatic rings. The predicted octanol–water partition coefficient (Wildman–Crippen LogP) is 1.93. The van der Waals surface area contributed by atoms with Crippen LogP contribution in [0.4, 0.5) is 0 Å². The number of amides is 1. The van der Waals surface area contributed by atoms with Crippen molar-refractivity contribution in [3.05, 3.63) is 42.3 Å². The Balaban J connectivity index is 1.78. The van der Waals surface area contributed by atoms with E-state index < -0.39 is 0 Å². The van der Waals surface area contributed by atoms with Crippen molar-refractivity contribution >= 4 is 5.91 Å². The van der Waals surface area contributed by atoms with Gasteiger partial charge in [0.05, 0.1) is 12.2 Å². The van der Waals surface area contributed by atoms with Crippen LogP contribution in [0.25, 0.3) is 11.5 Å². The zero-order valence-corrected chi connectivity index (χ0v) is 13.6. The molecule has 0 fully saturated rings. The molecule has 0 bridgehead atoms. The maximum atomic E-state index is 11.8. The van der Waals surface area contributed by atoms with E-state index in [4.69, 9.17) is 9.15 Å². The number of carbonyl (C=O) groups excluding carboxylic acids is 1. The minimum atomic E-state index is -0.00428. The van der Waals surface area contributed by atoms with Crippen LogP contribution in [0.15, 0.2) is 41.0 Å². The summed E-state index contributed by atoms with van der Waals surface area (Å²) in [6.07, 6.45) is 2.45. The molecule has 1 N–H and O–H groups in total. The third kappa shape index (κ3) is 5.84. The second kappa shape index (κ2) is 9.07. The van der Waals surface area contributed by atoms with Crippen LogP contribution in [0.3, 0.4) is 0 Å². The Bertz CT molecular complexity index is 598. The number of hydrogen-bond acceptors (Lipinski definition) is 5. The topological polar surface area (TPSA) is 67.6 Å². The van der Waals surface area contributed by atoms with Crippen molar-refractivity contribution in [3.8, 4) is 11.5 Å². The van der Waals surface area contributed by atoms with Gasteiger partial charge in [-0.2, -0.15) is 0 Å². The lowest BCUT2D eigenvalue weighted by atomic mass is 10.2. The summed E-state index contributed by atoms with van der Waals surface area (Å²) in [7, 11) is 3.53. The lowest BCUT2D eigenvalue weighted by Crippen LogP contribution is -2.35. The van der Waals surface area contributed by atoms with Gasteiger partial charge in [0.2, 0.25) is 11.8 Å². The normalized spacial score (nSPS) is 10.9. The third-order valence-electron chi connectivity index (χ3n) is 3.27. The van der Waals surface area contributed by atoms with Crippen LogP contribution < -0.4 is 5.32 Å². The van der Waals surface area contributed by atoms with Crippen molar-refractivity contribution in [3.63, 3.8) is 0 Å². The Kier molecular flexibility index (Phi) is 6.77. The summed E-state index contributed by atoms with van der Waals surface area (Å²) >= 11 is 0. The number of hydrogen-bond donors (Lipinski definition) is 1. The predicted molar refractivity (Wildman–Crippen MR) is 87.8 cm³/mol. The zero-order chi connectivity index (χ0) is 16.5. The van der Waals surface area contributed by atoms with E-state index in [2.05, 4.69) is 10.3 Å². The van der Waals surface area contributed by atoms with Gasteiger partial charge in [0.1, 0.15) is 6.26 Å². The Morgan fingerprint density at radius 3 is 2.87 bits per heavy atom. The monoisotopic (exact) mass is 317 g/mol. The summed E-state index contributed by atoms with van der Waals surface area (Å²) in [5, 5.41) is 2.86. The Labute approximate surface area is 136 Å². The van der Waals surface area contributed by atoms with E-state index in [9.17, 15) is 4.79 Å². The maximum Gasteiger partial charge on any atom is 0.234 e. The van der Waals surface area contributed by atoms with Crippen LogP contribution in [-0.2, 0) is 16.1 Å². The highest BCUT2D eigenvalue weighted by molar-refractivity contribution is 5.77. The number of nitrogens with one attached hydrogen (secondary N) is 1. The minimum absolute atomic E-state index is 0.00428. The quantitative estimate of drug-likeness (QED) is 0.716. The molecule has 1 aromatic heterocycles. The minimum Gasteiger partial charge on any atom is -0.444 e. The summed E-state index contributed by atoms with van der Waals surface area (Å²) in [4.78, 5) is 18.2. The molecule has 2 rings (SSSR count). The first-order chi connectivity index (χ1) is 11.2. The molecular weight excluding hydrogens is 294 g/mol. The van der Waals surface area contributed by atoms with E-state index in [1.165, 1.54) is 0 Å². The van der Waals surface area contributed by atoms with Gasteiger partial charge in [0.25, 0.3) is 0 Å². The lowest BCUT2D eigenvalue weighted by molar-refractivity contribution is -0.122. The fourth-order valence-electron chi connectivity index (χ4n) is 2.17. The van der Waals surface area contributed by atoms with E-state index in [1.54, 1.807) is 13.4 Å². The van der Waals surface area contributed by atoms with Crippen LogP contribution >= 0.6 is 0 Å². The van der Waals surface area contributed by atoms with Crippen molar-refractivity contribution in [1.82, 2.24) is 15.2 Å². The average Bonchev–Trinajstić information content (AvgIpc) is 3.00. The molecule has 1 heterocycles. The highest BCUT2D eigenvalue weighted by Gasteiger charge is 2.11. The van der Waals surface area contributed by atoms with Gasteiger partial charge >= 0.3 is 0 Å². The first-order valence-electron chi connectivity index (χ1n) is 7.63. The summed E-state index contributed by atoms with van der Waals surface area (Å²) in [5.74, 6) is 0.591. The van der Waals surface area contributed by atoms with Crippen LogP contribution in [0, 0.1) is 0 Å². The van der Waals surface area contributed by atoms with Gasteiger partial charge in [-0.25, -0.2) is 4.98 Å². The molecule has 0 atom stereocenters. The summed E-state index contributed by atoms with van der Waals surface area (Å²) in [5.41, 5.74) is 1.75. The van der Waals surface area contributed by atoms with Gasteiger partial charge in [-0.15, -0.1) is 0 Å². The van der Waals surface area contributed by atoms with Gasteiger partial charge < -0.3 is 14.5 Å². The van der Waals surface area contributed by atoms with Gasteiger partial charge in [-0.3, -0.25) is 9.69 Å². The van der Waals surface area contributed by atoms with E-state index in [0.717, 1.165) is 17.7 Å². The molecule has 0 aliphatic carbocycles. The van der Waals surface area contributed by atoms with Crippen molar-refractivity contribution in [1.29, 1.82) is 0 Å². The number of ether oxygens (including phenoxy) is 1. The van der Waals surface area contributed by atoms with Gasteiger partial charge in [-0.05, 0) is 25.6 Å². The SMILES string of the molecule is COCCCNC(=O)CN(C)Cc1coc(-c2ccccc2)n1. The molecule has 0 radical (unpaired) electrons. The highest BCUT2D eigenvalue weighted by Crippen LogP contribution is 2.18. The first kappa shape index (κ1) is 17.2. The first-order valence-corrected chi connectivity index (χ1v) is 7.63. The molecule has 23 heavy (non-hydrogen) atoms. The van der Waals surface area contributed by atoms with Crippen molar-refractivity contribution in [2.45, 2.75) is 13.0 Å². The number of likely N-dealkylation sites (N-methyl/N-ethyl adjacent to an activating group) is 1. The van der Waals surface area contributed by atoms with Crippen LogP contribution in [-0.4, -0.2) is 49.6 Å². The maximum absolute atomic E-state index is 11.8. The van der Waals surface area contributed by atoms with Crippen LogP contribution in [0.2, 0.25) is 0 Å². The molecule has 0 aliphatic heterocycles. The molecule has 6 nitrogen and oxygen atoms in total. The molecular formula is C17H23N3O3. The molecule has 0 unspecified atom stereocenters. The highest BCUT2D eigenvalue weighted by atomic mass is 16.5. The molecule has 124 valence electrons. The largest absolute Gasteiger partial charge is 0.444 e. The molecule has 0 spiro atoms. The smallest absolute Gasteiger partial charge is 0.234 e. The molecule has 2 aromatic rings. The fourth-order valence-corrected chi connectivity index (χ4v) is 2.17. The third-order valence-corrected chi connectivity index (χ3v) is 3.27. The standard InChI is InChI=1S/C17H23N3O3/c1-20(12-16(21)18-9-6-10-22-2)11-15-13-23-17(19-15)14-7-4-3-5-8-14/h3-5,7-8,13H,6,9-12H2,1-2H3,(H,18,21). The van der Waals surface area contributed by atoms with Crippen LogP contribution in [0.5, 0.6) is 0 Å². The molecule has 6 heteroatoms. The van der Waals surface area contributed by atoms with Crippen molar-refractivity contribution in [2.75, 3.05) is 33.9 Å². The molecule has 1 aromatic carbocycles. The second-order valence-corrected chi connectivity index (χ2v) is 5.38. The van der Waals surface area contributed by atoms with E-state index in [-0.39, 0.29) is 5.91 Å². The number of aromatic nitrogens is 1.